The Labute approximate surface area is 204 Å². The first-order valence-electron chi connectivity index (χ1n) is 12.7. The van der Waals surface area contributed by atoms with Crippen molar-refractivity contribution in [2.45, 2.75) is 63.5 Å². The van der Waals surface area contributed by atoms with Crippen LogP contribution in [0.4, 0.5) is 4.79 Å². The Bertz CT molecular complexity index is 821. The smallest absolute Gasteiger partial charge is 0.316 e. The largest absolute Gasteiger partial charge is 0.342 e. The second-order valence-corrected chi connectivity index (χ2v) is 9.75. The lowest BCUT2D eigenvalue weighted by Gasteiger charge is -2.51. The fraction of sp³-hybridized carbons (Fsp3) is 0.654. The maximum absolute atomic E-state index is 13.4. The number of nitrogens with one attached hydrogen (secondary N) is 2. The van der Waals surface area contributed by atoms with Crippen LogP contribution < -0.4 is 10.6 Å². The number of carbonyl (C=O) groups excluding carboxylic acids is 3. The highest BCUT2D eigenvalue weighted by Gasteiger charge is 2.52. The number of urea groups is 1. The first-order valence-corrected chi connectivity index (χ1v) is 12.7. The van der Waals surface area contributed by atoms with Gasteiger partial charge in [0.1, 0.15) is 11.6 Å². The molecule has 3 rings (SSSR count). The summed E-state index contributed by atoms with van der Waals surface area (Å²) in [6, 6.07) is 9.88. The fourth-order valence-corrected chi connectivity index (χ4v) is 5.02. The molecule has 2 fully saturated rings. The van der Waals surface area contributed by atoms with Gasteiger partial charge in [0, 0.05) is 46.8 Å². The highest BCUT2D eigenvalue weighted by atomic mass is 16.2. The van der Waals surface area contributed by atoms with Crippen LogP contribution in [0, 0.1) is 0 Å². The minimum absolute atomic E-state index is 0.00849. The molecule has 8 heteroatoms. The van der Waals surface area contributed by atoms with Crippen molar-refractivity contribution in [3.63, 3.8) is 0 Å². The summed E-state index contributed by atoms with van der Waals surface area (Å²) in [6.45, 7) is 5.86. The lowest BCUT2D eigenvalue weighted by Crippen LogP contribution is -2.72. The monoisotopic (exact) mass is 471 g/mol. The van der Waals surface area contributed by atoms with E-state index in [1.165, 1.54) is 10.5 Å². The molecule has 8 nitrogen and oxygen atoms in total. The SMILES string of the molecule is CCCN1C(=O)[C@H](CCCCNC(=O)N(C)C)NC(=O)C12CCN(CCc1ccccc1)CC2. The molecule has 4 amide bonds. The summed E-state index contributed by atoms with van der Waals surface area (Å²) in [7, 11) is 3.41. The van der Waals surface area contributed by atoms with Gasteiger partial charge in [0.2, 0.25) is 11.8 Å². The van der Waals surface area contributed by atoms with Crippen LogP contribution in [0.5, 0.6) is 0 Å². The van der Waals surface area contributed by atoms with Gasteiger partial charge in [-0.1, -0.05) is 37.3 Å². The van der Waals surface area contributed by atoms with E-state index >= 15 is 0 Å². The van der Waals surface area contributed by atoms with Crippen molar-refractivity contribution in [1.29, 1.82) is 0 Å². The first-order chi connectivity index (χ1) is 16.4. The Kier molecular flexibility index (Phi) is 9.33. The molecular weight excluding hydrogens is 430 g/mol. The van der Waals surface area contributed by atoms with Crippen LogP contribution in [0.2, 0.25) is 0 Å². The number of likely N-dealkylation sites (tertiary alicyclic amines) is 1. The molecule has 0 radical (unpaired) electrons. The lowest BCUT2D eigenvalue weighted by atomic mass is 9.81. The fourth-order valence-electron chi connectivity index (χ4n) is 5.02. The van der Waals surface area contributed by atoms with Gasteiger partial charge in [-0.3, -0.25) is 9.59 Å². The summed E-state index contributed by atoms with van der Waals surface area (Å²) in [4.78, 5) is 44.2. The quantitative estimate of drug-likeness (QED) is 0.513. The van der Waals surface area contributed by atoms with Crippen LogP contribution in [-0.4, -0.2) is 90.9 Å². The molecule has 2 N–H and O–H groups in total. The minimum atomic E-state index is -0.716. The van der Waals surface area contributed by atoms with Gasteiger partial charge in [0.05, 0.1) is 0 Å². The Balaban J connectivity index is 1.52. The molecule has 2 aliphatic heterocycles. The van der Waals surface area contributed by atoms with Crippen molar-refractivity contribution in [2.75, 3.05) is 46.8 Å². The van der Waals surface area contributed by atoms with Crippen molar-refractivity contribution >= 4 is 17.8 Å². The molecule has 1 spiro atoms. The van der Waals surface area contributed by atoms with E-state index in [0.717, 1.165) is 45.3 Å². The van der Waals surface area contributed by atoms with Gasteiger partial charge >= 0.3 is 6.03 Å². The molecule has 0 aromatic heterocycles. The number of hydrogen-bond donors (Lipinski definition) is 2. The van der Waals surface area contributed by atoms with E-state index in [1.807, 2.05) is 11.0 Å². The topological polar surface area (TPSA) is 85.0 Å². The Morgan fingerprint density at radius 1 is 1.12 bits per heavy atom. The number of piperazine rings is 1. The standard InChI is InChI=1S/C26H41N5O3/c1-4-17-31-23(32)22(12-8-9-16-27-25(34)29(2)3)28-24(33)26(31)14-19-30(20-15-26)18-13-21-10-6-5-7-11-21/h5-7,10-11,22H,4,8-9,12-20H2,1-3H3,(H,27,34)(H,28,33)/t22-/m0/s1. The summed E-state index contributed by atoms with van der Waals surface area (Å²) in [5.41, 5.74) is 0.608. The molecule has 188 valence electrons. The normalized spacial score (nSPS) is 20.3. The Hall–Kier alpha value is -2.61. The molecule has 1 atom stereocenters. The van der Waals surface area contributed by atoms with Gasteiger partial charge in [-0.15, -0.1) is 0 Å². The van der Waals surface area contributed by atoms with Crippen molar-refractivity contribution in [2.24, 2.45) is 0 Å². The van der Waals surface area contributed by atoms with Crippen LogP contribution in [0.25, 0.3) is 0 Å². The third kappa shape index (κ3) is 6.29. The molecule has 0 unspecified atom stereocenters. The number of nitrogens with zero attached hydrogens (tertiary/aromatic N) is 3. The van der Waals surface area contributed by atoms with E-state index < -0.39 is 11.6 Å². The second-order valence-electron chi connectivity index (χ2n) is 9.75. The molecule has 0 aliphatic carbocycles. The predicted octanol–water partition coefficient (Wildman–Crippen LogP) is 2.24. The molecule has 0 saturated carbocycles. The average molecular weight is 472 g/mol. The number of hydrogen-bond acceptors (Lipinski definition) is 4. The third-order valence-electron chi connectivity index (χ3n) is 7.10. The maximum Gasteiger partial charge on any atom is 0.316 e. The molecule has 2 heterocycles. The van der Waals surface area contributed by atoms with E-state index in [1.54, 1.807) is 14.1 Å². The highest BCUT2D eigenvalue weighted by molar-refractivity contribution is 6.00. The Morgan fingerprint density at radius 2 is 1.82 bits per heavy atom. The zero-order valence-corrected chi connectivity index (χ0v) is 21.0. The van der Waals surface area contributed by atoms with Crippen LogP contribution in [0.15, 0.2) is 30.3 Å². The van der Waals surface area contributed by atoms with Gasteiger partial charge < -0.3 is 25.3 Å². The summed E-state index contributed by atoms with van der Waals surface area (Å²) < 4.78 is 0. The van der Waals surface area contributed by atoms with Crippen molar-refractivity contribution < 1.29 is 14.4 Å². The number of rotatable bonds is 10. The Morgan fingerprint density at radius 3 is 2.47 bits per heavy atom. The van der Waals surface area contributed by atoms with Crippen LogP contribution in [-0.2, 0) is 16.0 Å². The van der Waals surface area contributed by atoms with E-state index in [0.29, 0.717) is 32.4 Å². The molecule has 2 saturated heterocycles. The maximum atomic E-state index is 13.4. The summed E-state index contributed by atoms with van der Waals surface area (Å²) in [6.07, 6.45) is 5.34. The minimum Gasteiger partial charge on any atom is -0.342 e. The second kappa shape index (κ2) is 12.2. The van der Waals surface area contributed by atoms with E-state index in [2.05, 4.69) is 46.7 Å². The van der Waals surface area contributed by atoms with Crippen LogP contribution in [0.1, 0.15) is 51.0 Å². The first kappa shape index (κ1) is 26.0. The van der Waals surface area contributed by atoms with Gasteiger partial charge in [-0.2, -0.15) is 0 Å². The van der Waals surface area contributed by atoms with Gasteiger partial charge in [0.15, 0.2) is 0 Å². The van der Waals surface area contributed by atoms with Crippen molar-refractivity contribution in [3.05, 3.63) is 35.9 Å². The summed E-state index contributed by atoms with van der Waals surface area (Å²) >= 11 is 0. The van der Waals surface area contributed by atoms with E-state index in [9.17, 15) is 14.4 Å². The lowest BCUT2D eigenvalue weighted by molar-refractivity contribution is -0.161. The number of piperidine rings is 1. The van der Waals surface area contributed by atoms with Gasteiger partial charge in [-0.05, 0) is 50.5 Å². The van der Waals surface area contributed by atoms with Crippen LogP contribution >= 0.6 is 0 Å². The van der Waals surface area contributed by atoms with E-state index in [4.69, 9.17) is 0 Å². The molecule has 0 bridgehead atoms. The third-order valence-corrected chi connectivity index (χ3v) is 7.10. The molecule has 2 aliphatic rings. The number of amides is 4. The molecule has 1 aromatic rings. The highest BCUT2D eigenvalue weighted by Crippen LogP contribution is 2.34. The number of carbonyl (C=O) groups is 3. The predicted molar refractivity (Wildman–Crippen MR) is 133 cm³/mol. The van der Waals surface area contributed by atoms with Crippen molar-refractivity contribution in [3.8, 4) is 0 Å². The molecule has 1 aromatic carbocycles. The average Bonchev–Trinajstić information content (AvgIpc) is 2.84. The zero-order chi connectivity index (χ0) is 24.6. The van der Waals surface area contributed by atoms with Crippen molar-refractivity contribution in [1.82, 2.24) is 25.3 Å². The summed E-state index contributed by atoms with van der Waals surface area (Å²) in [5.74, 6) is 0.0608. The van der Waals surface area contributed by atoms with E-state index in [-0.39, 0.29) is 17.8 Å². The molecular formula is C26H41N5O3. The number of unbranched alkanes of at least 4 members (excludes halogenated alkanes) is 1. The number of benzene rings is 1. The molecule has 34 heavy (non-hydrogen) atoms. The van der Waals surface area contributed by atoms with Gasteiger partial charge in [0.25, 0.3) is 0 Å². The van der Waals surface area contributed by atoms with Gasteiger partial charge in [-0.25, -0.2) is 4.79 Å². The summed E-state index contributed by atoms with van der Waals surface area (Å²) in [5, 5.41) is 5.90. The van der Waals surface area contributed by atoms with Crippen LogP contribution in [0.3, 0.4) is 0 Å². The zero-order valence-electron chi connectivity index (χ0n) is 21.0.